The molecule has 2 N–H and O–H groups in total. The van der Waals surface area contributed by atoms with Gasteiger partial charge in [-0.2, -0.15) is 4.98 Å². The number of benzene rings is 1. The van der Waals surface area contributed by atoms with Crippen LogP contribution in [0.25, 0.3) is 16.7 Å². The van der Waals surface area contributed by atoms with Gasteiger partial charge in [-0.15, -0.1) is 0 Å². The Morgan fingerprint density at radius 2 is 1.81 bits per heavy atom. The molecule has 0 saturated carbocycles. The van der Waals surface area contributed by atoms with E-state index in [1.165, 1.54) is 0 Å². The van der Waals surface area contributed by atoms with E-state index < -0.39 is 10.8 Å². The van der Waals surface area contributed by atoms with Gasteiger partial charge in [0.1, 0.15) is 11.5 Å². The predicted molar refractivity (Wildman–Crippen MR) is 124 cm³/mol. The molecule has 0 radical (unpaired) electrons. The molecule has 1 aliphatic rings. The minimum atomic E-state index is -0.998. The number of hydrogen-bond acceptors (Lipinski definition) is 7. The van der Waals surface area contributed by atoms with Crippen LogP contribution in [0.2, 0.25) is 0 Å². The molecule has 1 saturated heterocycles. The van der Waals surface area contributed by atoms with E-state index in [0.29, 0.717) is 5.95 Å². The fourth-order valence-electron chi connectivity index (χ4n) is 3.66. The highest BCUT2D eigenvalue weighted by molar-refractivity contribution is 7.84. The van der Waals surface area contributed by atoms with Crippen LogP contribution in [0, 0.1) is 0 Å². The van der Waals surface area contributed by atoms with E-state index in [1.807, 2.05) is 59.4 Å². The summed E-state index contributed by atoms with van der Waals surface area (Å²) in [7, 11) is -0.998. The zero-order valence-corrected chi connectivity index (χ0v) is 18.0. The second-order valence-corrected chi connectivity index (χ2v) is 8.75. The molecule has 1 aromatic carbocycles. The van der Waals surface area contributed by atoms with Crippen molar-refractivity contribution in [2.75, 3.05) is 42.7 Å². The first kappa shape index (κ1) is 19.7. The van der Waals surface area contributed by atoms with Crippen LogP contribution in [0.1, 0.15) is 0 Å². The Kier molecular flexibility index (Phi) is 5.35. The fourth-order valence-corrected chi connectivity index (χ4v) is 4.17. The molecule has 158 valence electrons. The van der Waals surface area contributed by atoms with Gasteiger partial charge in [-0.25, -0.2) is 9.97 Å². The van der Waals surface area contributed by atoms with Crippen molar-refractivity contribution in [3.63, 3.8) is 0 Å². The standard InChI is InChI=1S/C22H23N7OS/c1-31(30)19-5-3-18(4-6-19)29-11-8-16-14-25-22(27-21(16)29)26-17-2-7-20(24-15-17)28-12-9-23-10-13-28/h2-8,11,14-15,23H,9-10,12-13H2,1H3,(H,25,26,27). The molecule has 8 nitrogen and oxygen atoms in total. The number of nitrogens with one attached hydrogen (secondary N) is 2. The third-order valence-electron chi connectivity index (χ3n) is 5.32. The van der Waals surface area contributed by atoms with Crippen molar-refractivity contribution in [3.05, 3.63) is 61.1 Å². The molecule has 1 fully saturated rings. The van der Waals surface area contributed by atoms with Crippen LogP contribution in [-0.4, -0.2) is 56.2 Å². The highest BCUT2D eigenvalue weighted by atomic mass is 32.2. The van der Waals surface area contributed by atoms with E-state index in [-0.39, 0.29) is 0 Å². The minimum Gasteiger partial charge on any atom is -0.354 e. The maximum atomic E-state index is 11.6. The molecular weight excluding hydrogens is 410 g/mol. The Balaban J connectivity index is 1.38. The van der Waals surface area contributed by atoms with Crippen LogP contribution >= 0.6 is 0 Å². The number of pyridine rings is 1. The molecule has 9 heteroatoms. The van der Waals surface area contributed by atoms with Crippen LogP contribution in [0.5, 0.6) is 0 Å². The summed E-state index contributed by atoms with van der Waals surface area (Å²) in [5.74, 6) is 1.49. The lowest BCUT2D eigenvalue weighted by Crippen LogP contribution is -2.43. The molecule has 1 unspecified atom stereocenters. The Morgan fingerprint density at radius 1 is 1.00 bits per heavy atom. The molecule has 3 aromatic heterocycles. The predicted octanol–water partition coefficient (Wildman–Crippen LogP) is 2.71. The number of rotatable bonds is 5. The minimum absolute atomic E-state index is 0.510. The number of piperazine rings is 1. The van der Waals surface area contributed by atoms with Gasteiger partial charge in [-0.05, 0) is 42.5 Å². The Morgan fingerprint density at radius 3 is 2.52 bits per heavy atom. The van der Waals surface area contributed by atoms with Gasteiger partial charge < -0.3 is 20.1 Å². The van der Waals surface area contributed by atoms with E-state index in [9.17, 15) is 4.21 Å². The molecule has 4 aromatic rings. The summed E-state index contributed by atoms with van der Waals surface area (Å²) in [5.41, 5.74) is 2.59. The average Bonchev–Trinajstić information content (AvgIpc) is 3.23. The number of fused-ring (bicyclic) bond motifs is 1. The summed E-state index contributed by atoms with van der Waals surface area (Å²) in [6, 6.07) is 13.7. The first-order chi connectivity index (χ1) is 15.2. The van der Waals surface area contributed by atoms with E-state index in [2.05, 4.69) is 25.5 Å². The summed E-state index contributed by atoms with van der Waals surface area (Å²) >= 11 is 0. The van der Waals surface area contributed by atoms with Crippen molar-refractivity contribution >= 4 is 39.3 Å². The Hall–Kier alpha value is -3.30. The number of hydrogen-bond donors (Lipinski definition) is 2. The summed E-state index contributed by atoms with van der Waals surface area (Å²) in [4.78, 5) is 16.8. The molecule has 31 heavy (non-hydrogen) atoms. The van der Waals surface area contributed by atoms with Crippen LogP contribution in [0.3, 0.4) is 0 Å². The summed E-state index contributed by atoms with van der Waals surface area (Å²) in [6.45, 7) is 3.89. The van der Waals surface area contributed by atoms with Gasteiger partial charge in [-0.1, -0.05) is 0 Å². The fraction of sp³-hybridized carbons (Fsp3) is 0.227. The van der Waals surface area contributed by atoms with Gasteiger partial charge in [0, 0.05) is 71.6 Å². The molecule has 0 bridgehead atoms. The quantitative estimate of drug-likeness (QED) is 0.500. The summed E-state index contributed by atoms with van der Waals surface area (Å²) < 4.78 is 13.6. The maximum Gasteiger partial charge on any atom is 0.229 e. The zero-order valence-electron chi connectivity index (χ0n) is 17.2. The molecular formula is C22H23N7OS. The first-order valence-electron chi connectivity index (χ1n) is 10.1. The van der Waals surface area contributed by atoms with Gasteiger partial charge in [-0.3, -0.25) is 4.21 Å². The van der Waals surface area contributed by atoms with Crippen molar-refractivity contribution in [2.24, 2.45) is 0 Å². The summed E-state index contributed by atoms with van der Waals surface area (Å²) in [5, 5.41) is 7.55. The zero-order chi connectivity index (χ0) is 21.2. The van der Waals surface area contributed by atoms with Gasteiger partial charge in [0.25, 0.3) is 0 Å². The molecule has 0 aliphatic carbocycles. The van der Waals surface area contributed by atoms with E-state index in [1.54, 1.807) is 12.5 Å². The third-order valence-corrected chi connectivity index (χ3v) is 6.26. The van der Waals surface area contributed by atoms with Gasteiger partial charge in [0.05, 0.1) is 11.9 Å². The lowest BCUT2D eigenvalue weighted by molar-refractivity contribution is 0.585. The Labute approximate surface area is 182 Å². The second kappa shape index (κ2) is 8.44. The van der Waals surface area contributed by atoms with Crippen LogP contribution in [0.15, 0.2) is 66.0 Å². The lowest BCUT2D eigenvalue weighted by atomic mass is 10.3. The van der Waals surface area contributed by atoms with Gasteiger partial charge in [0.15, 0.2) is 0 Å². The van der Waals surface area contributed by atoms with Crippen LogP contribution < -0.4 is 15.5 Å². The topological polar surface area (TPSA) is 88.0 Å². The van der Waals surface area contributed by atoms with Crippen LogP contribution in [0.4, 0.5) is 17.5 Å². The average molecular weight is 434 g/mol. The van der Waals surface area contributed by atoms with Gasteiger partial charge >= 0.3 is 0 Å². The number of aromatic nitrogens is 4. The largest absolute Gasteiger partial charge is 0.354 e. The van der Waals surface area contributed by atoms with Crippen LogP contribution in [-0.2, 0) is 10.8 Å². The summed E-state index contributed by atoms with van der Waals surface area (Å²) in [6.07, 6.45) is 7.26. The van der Waals surface area contributed by atoms with Crippen molar-refractivity contribution in [1.82, 2.24) is 24.8 Å². The SMILES string of the molecule is CS(=O)c1ccc(-n2ccc3cnc(Nc4ccc(N5CCNCC5)nc4)nc32)cc1. The third kappa shape index (κ3) is 4.14. The normalized spacial score (nSPS) is 15.2. The smallest absolute Gasteiger partial charge is 0.229 e. The molecule has 0 amide bonds. The molecule has 1 aliphatic heterocycles. The highest BCUT2D eigenvalue weighted by Gasteiger charge is 2.12. The lowest BCUT2D eigenvalue weighted by Gasteiger charge is -2.28. The number of anilines is 3. The van der Waals surface area contributed by atoms with Crippen molar-refractivity contribution < 1.29 is 4.21 Å². The number of nitrogens with zero attached hydrogens (tertiary/aromatic N) is 5. The maximum absolute atomic E-state index is 11.6. The molecule has 4 heterocycles. The van der Waals surface area contributed by atoms with Crippen molar-refractivity contribution in [3.8, 4) is 5.69 Å². The van der Waals surface area contributed by atoms with E-state index >= 15 is 0 Å². The monoisotopic (exact) mass is 433 g/mol. The highest BCUT2D eigenvalue weighted by Crippen LogP contribution is 2.22. The molecule has 5 rings (SSSR count). The van der Waals surface area contributed by atoms with E-state index in [0.717, 1.165) is 59.3 Å². The Bertz CT molecular complexity index is 1220. The molecule has 0 spiro atoms. The van der Waals surface area contributed by atoms with Crippen molar-refractivity contribution in [2.45, 2.75) is 4.90 Å². The van der Waals surface area contributed by atoms with Crippen molar-refractivity contribution in [1.29, 1.82) is 0 Å². The van der Waals surface area contributed by atoms with Gasteiger partial charge in [0.2, 0.25) is 5.95 Å². The van der Waals surface area contributed by atoms with E-state index in [4.69, 9.17) is 4.98 Å². The first-order valence-corrected chi connectivity index (χ1v) is 11.7. The molecule has 1 atom stereocenters. The second-order valence-electron chi connectivity index (χ2n) is 7.37.